The minimum absolute atomic E-state index is 0.0255. The molecular formula is C33H36N2O4. The van der Waals surface area contributed by atoms with Crippen LogP contribution in [0, 0.1) is 6.92 Å². The molecule has 0 aliphatic carbocycles. The van der Waals surface area contributed by atoms with E-state index in [0.29, 0.717) is 17.7 Å². The van der Waals surface area contributed by atoms with Crippen LogP contribution in [-0.2, 0) is 26.0 Å². The van der Waals surface area contributed by atoms with Crippen molar-refractivity contribution in [3.05, 3.63) is 117 Å². The Hall–Kier alpha value is -4.19. The summed E-state index contributed by atoms with van der Waals surface area (Å²) in [5, 5.41) is 9.50. The summed E-state index contributed by atoms with van der Waals surface area (Å²) in [6.07, 6.45) is 4.46. The molecule has 1 aromatic heterocycles. The molecule has 39 heavy (non-hydrogen) atoms. The average Bonchev–Trinajstić information content (AvgIpc) is 2.94. The Morgan fingerprint density at radius 2 is 1.67 bits per heavy atom. The van der Waals surface area contributed by atoms with Crippen molar-refractivity contribution in [2.75, 3.05) is 0 Å². The number of nitrogens with zero attached hydrogens (tertiary/aromatic N) is 2. The van der Waals surface area contributed by atoms with E-state index < -0.39 is 5.97 Å². The molecule has 0 spiro atoms. The van der Waals surface area contributed by atoms with Gasteiger partial charge in [-0.05, 0) is 48.6 Å². The molecule has 0 unspecified atom stereocenters. The topological polar surface area (TPSA) is 81.4 Å². The molecule has 3 aromatic carbocycles. The maximum atomic E-state index is 13.9. The lowest BCUT2D eigenvalue weighted by Crippen LogP contribution is -2.28. The molecular weight excluding hydrogens is 488 g/mol. The second-order valence-electron chi connectivity index (χ2n) is 9.79. The number of carboxylic acids is 1. The van der Waals surface area contributed by atoms with Crippen LogP contribution in [-0.4, -0.2) is 20.6 Å². The van der Waals surface area contributed by atoms with Gasteiger partial charge in [-0.15, -0.1) is 0 Å². The van der Waals surface area contributed by atoms with Gasteiger partial charge in [-0.25, -0.2) is 9.78 Å². The lowest BCUT2D eigenvalue weighted by atomic mass is 10.0. The van der Waals surface area contributed by atoms with Crippen molar-refractivity contribution in [2.24, 2.45) is 0 Å². The number of aromatic carboxylic acids is 1. The van der Waals surface area contributed by atoms with Crippen molar-refractivity contribution in [3.63, 3.8) is 0 Å². The molecule has 202 valence electrons. The van der Waals surface area contributed by atoms with E-state index in [1.54, 1.807) is 18.2 Å². The maximum Gasteiger partial charge on any atom is 0.336 e. The van der Waals surface area contributed by atoms with Crippen molar-refractivity contribution in [2.45, 2.75) is 66.0 Å². The zero-order chi connectivity index (χ0) is 27.8. The van der Waals surface area contributed by atoms with E-state index in [2.05, 4.69) is 19.9 Å². The summed E-state index contributed by atoms with van der Waals surface area (Å²) in [5.41, 5.74) is 5.15. The normalized spacial score (nSPS) is 10.9. The number of aromatic nitrogens is 2. The van der Waals surface area contributed by atoms with Crippen LogP contribution in [0.4, 0.5) is 0 Å². The van der Waals surface area contributed by atoms with Gasteiger partial charge in [-0.1, -0.05) is 87.4 Å². The zero-order valence-electron chi connectivity index (χ0n) is 22.9. The number of ether oxygens (including phenoxy) is 1. The molecule has 0 radical (unpaired) electrons. The van der Waals surface area contributed by atoms with Crippen LogP contribution in [0.25, 0.3) is 11.1 Å². The Balaban J connectivity index is 1.68. The highest BCUT2D eigenvalue weighted by atomic mass is 16.5. The first-order chi connectivity index (χ1) is 18.9. The molecule has 4 aromatic rings. The van der Waals surface area contributed by atoms with Gasteiger partial charge >= 0.3 is 5.97 Å². The van der Waals surface area contributed by atoms with Crippen molar-refractivity contribution in [1.29, 1.82) is 0 Å². The molecule has 0 bridgehead atoms. The maximum absolute atomic E-state index is 13.9. The quantitative estimate of drug-likeness (QED) is 0.219. The molecule has 0 saturated heterocycles. The summed E-state index contributed by atoms with van der Waals surface area (Å²) in [6, 6.07) is 22.6. The smallest absolute Gasteiger partial charge is 0.336 e. The molecule has 0 saturated carbocycles. The first kappa shape index (κ1) is 27.8. The second-order valence-corrected chi connectivity index (χ2v) is 9.79. The first-order valence-corrected chi connectivity index (χ1v) is 13.6. The highest BCUT2D eigenvalue weighted by Crippen LogP contribution is 2.25. The van der Waals surface area contributed by atoms with Crippen LogP contribution in [0.15, 0.2) is 77.6 Å². The molecule has 0 atom stereocenters. The monoisotopic (exact) mass is 524 g/mol. The Kier molecular flexibility index (Phi) is 9.31. The molecule has 6 heteroatoms. The largest absolute Gasteiger partial charge is 0.489 e. The van der Waals surface area contributed by atoms with Gasteiger partial charge in [-0.3, -0.25) is 9.36 Å². The van der Waals surface area contributed by atoms with Crippen LogP contribution < -0.4 is 10.3 Å². The van der Waals surface area contributed by atoms with Gasteiger partial charge in [0.1, 0.15) is 18.2 Å². The van der Waals surface area contributed by atoms with Crippen LogP contribution >= 0.6 is 0 Å². The molecule has 0 aliphatic heterocycles. The van der Waals surface area contributed by atoms with Crippen LogP contribution in [0.5, 0.6) is 5.75 Å². The van der Waals surface area contributed by atoms with Gasteiger partial charge in [0.25, 0.3) is 5.56 Å². The Morgan fingerprint density at radius 3 is 2.38 bits per heavy atom. The van der Waals surface area contributed by atoms with E-state index in [-0.39, 0.29) is 17.7 Å². The fourth-order valence-corrected chi connectivity index (χ4v) is 4.87. The van der Waals surface area contributed by atoms with Crippen molar-refractivity contribution < 1.29 is 14.6 Å². The van der Waals surface area contributed by atoms with E-state index in [4.69, 9.17) is 9.72 Å². The van der Waals surface area contributed by atoms with Crippen molar-refractivity contribution in [3.8, 4) is 16.9 Å². The third kappa shape index (κ3) is 6.63. The lowest BCUT2D eigenvalue weighted by molar-refractivity contribution is 0.0694. The fraction of sp³-hybridized carbons (Fsp3) is 0.303. The van der Waals surface area contributed by atoms with Gasteiger partial charge in [0.2, 0.25) is 0 Å². The molecule has 4 rings (SSSR count). The van der Waals surface area contributed by atoms with Gasteiger partial charge in [0, 0.05) is 12.0 Å². The van der Waals surface area contributed by atoms with Crippen molar-refractivity contribution >= 4 is 5.97 Å². The van der Waals surface area contributed by atoms with Gasteiger partial charge in [0.05, 0.1) is 23.4 Å². The number of carboxylic acid groups (broad SMARTS) is 1. The number of hydrogen-bond acceptors (Lipinski definition) is 4. The number of aryl methyl sites for hydroxylation is 3. The number of unbranched alkanes of at least 4 members (excludes halogenated alkanes) is 1. The summed E-state index contributed by atoms with van der Waals surface area (Å²) in [5.74, 6) is 0.567. The summed E-state index contributed by atoms with van der Waals surface area (Å²) >= 11 is 0. The van der Waals surface area contributed by atoms with Gasteiger partial charge in [0.15, 0.2) is 0 Å². The molecule has 6 nitrogen and oxygen atoms in total. The molecule has 0 fully saturated rings. The van der Waals surface area contributed by atoms with Crippen LogP contribution in [0.2, 0.25) is 0 Å². The van der Waals surface area contributed by atoms with Gasteiger partial charge in [-0.2, -0.15) is 0 Å². The predicted octanol–water partition coefficient (Wildman–Crippen LogP) is 6.84. The molecule has 0 aliphatic rings. The minimum Gasteiger partial charge on any atom is -0.489 e. The Bertz CT molecular complexity index is 1490. The van der Waals surface area contributed by atoms with Gasteiger partial charge < -0.3 is 9.84 Å². The summed E-state index contributed by atoms with van der Waals surface area (Å²) in [7, 11) is 0. The Morgan fingerprint density at radius 1 is 0.923 bits per heavy atom. The number of carbonyl (C=O) groups is 1. The Labute approximate surface area is 229 Å². The number of rotatable bonds is 12. The third-order valence-electron chi connectivity index (χ3n) is 6.86. The van der Waals surface area contributed by atoms with E-state index in [1.165, 1.54) is 0 Å². The lowest BCUT2D eigenvalue weighted by Gasteiger charge is -2.18. The summed E-state index contributed by atoms with van der Waals surface area (Å²) in [4.78, 5) is 30.3. The minimum atomic E-state index is -0.968. The molecule has 1 heterocycles. The summed E-state index contributed by atoms with van der Waals surface area (Å²) in [6.45, 7) is 6.75. The fourth-order valence-electron chi connectivity index (χ4n) is 4.87. The van der Waals surface area contributed by atoms with Crippen LogP contribution in [0.3, 0.4) is 0 Å². The first-order valence-electron chi connectivity index (χ1n) is 13.6. The zero-order valence-corrected chi connectivity index (χ0v) is 22.9. The average molecular weight is 525 g/mol. The van der Waals surface area contributed by atoms with E-state index >= 15 is 0 Å². The molecule has 1 N–H and O–H groups in total. The van der Waals surface area contributed by atoms with Crippen LogP contribution in [0.1, 0.15) is 71.7 Å². The predicted molar refractivity (Wildman–Crippen MR) is 155 cm³/mol. The molecule has 0 amide bonds. The standard InChI is InChI=1S/C33H36N2O4/c1-4-6-17-30-34-23(3)31(25-13-8-7-9-14-25)32(36)35(30)21-24-18-19-29(26(20-24)12-5-2)39-22-27-15-10-11-16-28(27)33(37)38/h7-11,13-16,18-20H,4-6,12,17,21-22H2,1-3H3,(H,37,38). The highest BCUT2D eigenvalue weighted by Gasteiger charge is 2.17. The van der Waals surface area contributed by atoms with Crippen molar-refractivity contribution in [1.82, 2.24) is 9.55 Å². The highest BCUT2D eigenvalue weighted by molar-refractivity contribution is 5.89. The second kappa shape index (κ2) is 13.1. The van der Waals surface area contributed by atoms with E-state index in [9.17, 15) is 14.7 Å². The number of benzene rings is 3. The SMILES string of the molecule is CCCCc1nc(C)c(-c2ccccc2)c(=O)n1Cc1ccc(OCc2ccccc2C(=O)O)c(CCC)c1. The van der Waals surface area contributed by atoms with E-state index in [0.717, 1.165) is 66.1 Å². The summed E-state index contributed by atoms with van der Waals surface area (Å²) < 4.78 is 7.94. The third-order valence-corrected chi connectivity index (χ3v) is 6.86. The van der Waals surface area contributed by atoms with E-state index in [1.807, 2.05) is 60.0 Å². The number of hydrogen-bond donors (Lipinski definition) is 1.